The van der Waals surface area contributed by atoms with Crippen molar-refractivity contribution in [3.8, 4) is 0 Å². The minimum absolute atomic E-state index is 0.00832. The van der Waals surface area contributed by atoms with E-state index in [0.717, 1.165) is 24.2 Å². The van der Waals surface area contributed by atoms with Gasteiger partial charge in [0.05, 0.1) is 12.6 Å². The first-order valence-corrected chi connectivity index (χ1v) is 9.67. The molecular weight excluding hydrogens is 376 g/mol. The van der Waals surface area contributed by atoms with E-state index in [0.29, 0.717) is 23.8 Å². The van der Waals surface area contributed by atoms with Crippen molar-refractivity contribution in [2.24, 2.45) is 0 Å². The highest BCUT2D eigenvalue weighted by molar-refractivity contribution is 6.30. The Bertz CT molecular complexity index is 823. The number of benzene rings is 2. The first-order valence-electron chi connectivity index (χ1n) is 9.29. The van der Waals surface area contributed by atoms with Crippen LogP contribution in [0.25, 0.3) is 0 Å². The number of rotatable bonds is 5. The van der Waals surface area contributed by atoms with Crippen LogP contribution in [-0.4, -0.2) is 48.4 Å². The number of urea groups is 1. The van der Waals surface area contributed by atoms with Crippen LogP contribution in [0.1, 0.15) is 24.1 Å². The second-order valence-corrected chi connectivity index (χ2v) is 7.49. The number of carbonyl (C=O) groups excluding carboxylic acids is 2. The number of likely N-dealkylation sites (N-methyl/N-ethyl adjacent to an activating group) is 1. The average Bonchev–Trinajstić information content (AvgIpc) is 2.68. The monoisotopic (exact) mass is 400 g/mol. The first-order chi connectivity index (χ1) is 13.4. The Morgan fingerprint density at radius 1 is 1.11 bits per heavy atom. The zero-order valence-corrected chi connectivity index (χ0v) is 16.9. The van der Waals surface area contributed by atoms with E-state index in [4.69, 9.17) is 11.6 Å². The number of piperazine rings is 1. The molecule has 2 aromatic carbocycles. The maximum Gasteiger partial charge on any atom is 0.319 e. The van der Waals surface area contributed by atoms with Crippen molar-refractivity contribution < 1.29 is 9.59 Å². The van der Waals surface area contributed by atoms with Crippen LogP contribution in [0.2, 0.25) is 5.02 Å². The molecule has 0 spiro atoms. The highest BCUT2D eigenvalue weighted by Crippen LogP contribution is 2.23. The second-order valence-electron chi connectivity index (χ2n) is 7.06. The molecule has 2 aromatic rings. The third-order valence-corrected chi connectivity index (χ3v) is 5.18. The fourth-order valence-electron chi connectivity index (χ4n) is 3.20. The molecule has 1 heterocycles. The van der Waals surface area contributed by atoms with Crippen LogP contribution in [0.15, 0.2) is 48.5 Å². The second kappa shape index (κ2) is 9.08. The largest absolute Gasteiger partial charge is 0.334 e. The Labute approximate surface area is 170 Å². The van der Waals surface area contributed by atoms with Gasteiger partial charge in [-0.3, -0.25) is 9.69 Å². The molecule has 28 heavy (non-hydrogen) atoms. The van der Waals surface area contributed by atoms with Crippen LogP contribution >= 0.6 is 11.6 Å². The Morgan fingerprint density at radius 3 is 2.43 bits per heavy atom. The van der Waals surface area contributed by atoms with E-state index in [1.807, 2.05) is 60.2 Å². The molecule has 3 amide bonds. The van der Waals surface area contributed by atoms with Crippen molar-refractivity contribution in [3.05, 3.63) is 64.7 Å². The number of amides is 3. The highest BCUT2D eigenvalue weighted by Gasteiger charge is 2.26. The van der Waals surface area contributed by atoms with Crippen LogP contribution in [0.4, 0.5) is 10.5 Å². The number of nitrogens with one attached hydrogen (secondary N) is 2. The normalized spacial score (nSPS) is 16.0. The fraction of sp³-hybridized carbons (Fsp3) is 0.333. The van der Waals surface area contributed by atoms with Gasteiger partial charge in [0.15, 0.2) is 0 Å². The maximum absolute atomic E-state index is 12.3. The fourth-order valence-corrected chi connectivity index (χ4v) is 3.32. The Balaban J connectivity index is 1.52. The summed E-state index contributed by atoms with van der Waals surface area (Å²) in [5.74, 6) is 0.144. The van der Waals surface area contributed by atoms with E-state index in [-0.39, 0.29) is 18.0 Å². The molecule has 1 aliphatic rings. The van der Waals surface area contributed by atoms with Gasteiger partial charge in [-0.05, 0) is 49.4 Å². The van der Waals surface area contributed by atoms with Crippen molar-refractivity contribution in [2.75, 3.05) is 32.0 Å². The summed E-state index contributed by atoms with van der Waals surface area (Å²) in [5, 5.41) is 6.30. The van der Waals surface area contributed by atoms with Gasteiger partial charge in [-0.2, -0.15) is 0 Å². The zero-order chi connectivity index (χ0) is 20.1. The van der Waals surface area contributed by atoms with Gasteiger partial charge in [-0.1, -0.05) is 35.9 Å². The highest BCUT2D eigenvalue weighted by atomic mass is 35.5. The van der Waals surface area contributed by atoms with Gasteiger partial charge < -0.3 is 15.5 Å². The van der Waals surface area contributed by atoms with Gasteiger partial charge in [0, 0.05) is 30.3 Å². The average molecular weight is 401 g/mol. The molecule has 6 nitrogen and oxygen atoms in total. The molecule has 0 saturated carbocycles. The number of carbonyl (C=O) groups is 2. The summed E-state index contributed by atoms with van der Waals surface area (Å²) in [6, 6.07) is 14.7. The number of halogens is 1. The van der Waals surface area contributed by atoms with E-state index in [9.17, 15) is 9.59 Å². The number of anilines is 1. The lowest BCUT2D eigenvalue weighted by atomic mass is 10.1. The molecule has 148 valence electrons. The Hall–Kier alpha value is -2.57. The minimum Gasteiger partial charge on any atom is -0.334 e. The Kier molecular flexibility index (Phi) is 6.54. The lowest BCUT2D eigenvalue weighted by Gasteiger charge is -2.36. The van der Waals surface area contributed by atoms with E-state index >= 15 is 0 Å². The maximum atomic E-state index is 12.3. The molecule has 1 fully saturated rings. The molecule has 1 saturated heterocycles. The van der Waals surface area contributed by atoms with Crippen molar-refractivity contribution in [3.63, 3.8) is 0 Å². The van der Waals surface area contributed by atoms with E-state index in [1.54, 1.807) is 12.1 Å². The summed E-state index contributed by atoms with van der Waals surface area (Å²) < 4.78 is 0. The molecule has 1 aliphatic heterocycles. The zero-order valence-electron chi connectivity index (χ0n) is 16.1. The molecular formula is C21H25ClN4O2. The summed E-state index contributed by atoms with van der Waals surface area (Å²) in [7, 11) is 1.96. The molecule has 0 radical (unpaired) electrons. The van der Waals surface area contributed by atoms with Crippen LogP contribution in [0, 0.1) is 0 Å². The van der Waals surface area contributed by atoms with E-state index in [2.05, 4.69) is 10.6 Å². The molecule has 0 aliphatic carbocycles. The van der Waals surface area contributed by atoms with Gasteiger partial charge in [0.25, 0.3) is 0 Å². The smallest absolute Gasteiger partial charge is 0.319 e. The topological polar surface area (TPSA) is 64.7 Å². The molecule has 2 N–H and O–H groups in total. The third kappa shape index (κ3) is 5.24. The summed E-state index contributed by atoms with van der Waals surface area (Å²) in [6.07, 6.45) is 0. The predicted molar refractivity (Wildman–Crippen MR) is 111 cm³/mol. The van der Waals surface area contributed by atoms with Gasteiger partial charge in [-0.25, -0.2) is 4.79 Å². The van der Waals surface area contributed by atoms with E-state index < -0.39 is 0 Å². The van der Waals surface area contributed by atoms with Crippen LogP contribution in [-0.2, 0) is 11.3 Å². The van der Waals surface area contributed by atoms with Crippen LogP contribution < -0.4 is 10.6 Å². The molecule has 0 aromatic heterocycles. The Morgan fingerprint density at radius 2 is 1.79 bits per heavy atom. The molecule has 7 heteroatoms. The summed E-state index contributed by atoms with van der Waals surface area (Å²) >= 11 is 5.86. The summed E-state index contributed by atoms with van der Waals surface area (Å²) in [5.41, 5.74) is 2.72. The van der Waals surface area contributed by atoms with Gasteiger partial charge in [0.1, 0.15) is 0 Å². The van der Waals surface area contributed by atoms with Gasteiger partial charge in [-0.15, -0.1) is 0 Å². The molecule has 1 unspecified atom stereocenters. The quantitative estimate of drug-likeness (QED) is 0.807. The van der Waals surface area contributed by atoms with Crippen LogP contribution in [0.3, 0.4) is 0 Å². The minimum atomic E-state index is -0.273. The number of hydrogen-bond acceptors (Lipinski definition) is 3. The third-order valence-electron chi connectivity index (χ3n) is 4.93. The SMILES string of the molecule is CC(c1ccc(NC(=O)NCc2ccc(Cl)cc2)cc1)N1CCN(C)CC1=O. The summed E-state index contributed by atoms with van der Waals surface area (Å²) in [6.45, 7) is 4.51. The van der Waals surface area contributed by atoms with E-state index in [1.165, 1.54) is 0 Å². The lowest BCUT2D eigenvalue weighted by molar-refractivity contribution is -0.137. The summed E-state index contributed by atoms with van der Waals surface area (Å²) in [4.78, 5) is 28.3. The standard InChI is InChI=1S/C21H25ClN4O2/c1-15(26-12-11-25(2)14-20(26)27)17-5-9-19(10-6-17)24-21(28)23-13-16-3-7-18(22)8-4-16/h3-10,15H,11-14H2,1-2H3,(H2,23,24,28). The number of hydrogen-bond donors (Lipinski definition) is 2. The van der Waals surface area contributed by atoms with Crippen molar-refractivity contribution in [2.45, 2.75) is 19.5 Å². The van der Waals surface area contributed by atoms with Crippen molar-refractivity contribution >= 4 is 29.2 Å². The molecule has 1 atom stereocenters. The predicted octanol–water partition coefficient (Wildman–Crippen LogP) is 3.50. The lowest BCUT2D eigenvalue weighted by Crippen LogP contribution is -2.49. The van der Waals surface area contributed by atoms with Gasteiger partial charge in [0.2, 0.25) is 5.91 Å². The molecule has 3 rings (SSSR count). The first kappa shape index (κ1) is 20.2. The molecule has 0 bridgehead atoms. The number of nitrogens with zero attached hydrogens (tertiary/aromatic N) is 2. The van der Waals surface area contributed by atoms with Gasteiger partial charge >= 0.3 is 6.03 Å². The van der Waals surface area contributed by atoms with Crippen molar-refractivity contribution in [1.82, 2.24) is 15.1 Å². The van der Waals surface area contributed by atoms with Crippen LogP contribution in [0.5, 0.6) is 0 Å². The van der Waals surface area contributed by atoms with Crippen molar-refractivity contribution in [1.29, 1.82) is 0 Å².